The first-order valence-electron chi connectivity index (χ1n) is 6.06. The zero-order valence-corrected chi connectivity index (χ0v) is 11.9. The number of hydrogen-bond acceptors (Lipinski definition) is 4. The molecule has 3 rings (SSSR count). The third-order valence-electron chi connectivity index (χ3n) is 3.24. The van der Waals surface area contributed by atoms with Gasteiger partial charge in [-0.25, -0.2) is 9.97 Å². The highest BCUT2D eigenvalue weighted by Gasteiger charge is 2.16. The summed E-state index contributed by atoms with van der Waals surface area (Å²) in [6.45, 7) is 2.12. The van der Waals surface area contributed by atoms with Gasteiger partial charge < -0.3 is 5.32 Å². The van der Waals surface area contributed by atoms with Crippen molar-refractivity contribution in [2.24, 2.45) is 0 Å². The Morgan fingerprint density at radius 1 is 1.11 bits per heavy atom. The van der Waals surface area contributed by atoms with Gasteiger partial charge in [-0.05, 0) is 37.5 Å². The molecule has 1 aliphatic heterocycles. The minimum absolute atomic E-state index is 0. The van der Waals surface area contributed by atoms with Crippen molar-refractivity contribution in [3.05, 3.63) is 30.1 Å². The molecule has 7 heteroatoms. The molecule has 3 heterocycles. The summed E-state index contributed by atoms with van der Waals surface area (Å²) >= 11 is 5.68. The lowest BCUT2D eigenvalue weighted by Gasteiger charge is -2.22. The average Bonchev–Trinajstić information content (AvgIpc) is 2.90. The molecule has 19 heavy (non-hydrogen) atoms. The van der Waals surface area contributed by atoms with Crippen LogP contribution in [0.1, 0.15) is 18.9 Å². The van der Waals surface area contributed by atoms with Crippen molar-refractivity contribution in [2.75, 3.05) is 13.1 Å². The maximum Gasteiger partial charge on any atom is 0.222 e. The molecule has 0 bridgehead atoms. The second-order valence-electron chi connectivity index (χ2n) is 4.43. The summed E-state index contributed by atoms with van der Waals surface area (Å²) in [7, 11) is 0. The van der Waals surface area contributed by atoms with Gasteiger partial charge in [0.25, 0.3) is 0 Å². The third-order valence-corrected chi connectivity index (χ3v) is 3.43. The van der Waals surface area contributed by atoms with Gasteiger partial charge >= 0.3 is 0 Å². The minimum atomic E-state index is 0. The van der Waals surface area contributed by atoms with E-state index in [4.69, 9.17) is 11.6 Å². The lowest BCUT2D eigenvalue weighted by molar-refractivity contribution is 0.343. The molecule has 2 aromatic rings. The van der Waals surface area contributed by atoms with Gasteiger partial charge in [-0.2, -0.15) is 5.10 Å². The van der Waals surface area contributed by atoms with E-state index >= 15 is 0 Å². The van der Waals surface area contributed by atoms with Crippen molar-refractivity contribution in [3.8, 4) is 11.1 Å². The number of hydrogen-bond donors (Lipinski definition) is 1. The van der Waals surface area contributed by atoms with Crippen molar-refractivity contribution in [1.82, 2.24) is 25.1 Å². The molecule has 1 saturated heterocycles. The summed E-state index contributed by atoms with van der Waals surface area (Å²) in [6.07, 6.45) is 9.60. The molecule has 0 amide bonds. The van der Waals surface area contributed by atoms with E-state index in [1.165, 1.54) is 0 Å². The van der Waals surface area contributed by atoms with Crippen molar-refractivity contribution < 1.29 is 0 Å². The molecule has 0 radical (unpaired) electrons. The molecule has 102 valence electrons. The number of piperidine rings is 1. The summed E-state index contributed by atoms with van der Waals surface area (Å²) in [6, 6.07) is 0.494. The number of halogens is 2. The Labute approximate surface area is 122 Å². The summed E-state index contributed by atoms with van der Waals surface area (Å²) in [5.41, 5.74) is 1.98. The Kier molecular flexibility index (Phi) is 4.74. The van der Waals surface area contributed by atoms with Crippen LogP contribution >= 0.6 is 24.0 Å². The lowest BCUT2D eigenvalue weighted by atomic mass is 10.1. The maximum absolute atomic E-state index is 5.68. The van der Waals surface area contributed by atoms with Gasteiger partial charge in [0, 0.05) is 29.7 Å². The van der Waals surface area contributed by atoms with E-state index in [2.05, 4.69) is 26.6 Å². The molecular formula is C12H15Cl2N5. The number of nitrogens with one attached hydrogen (secondary N) is 1. The molecule has 1 aliphatic rings. The van der Waals surface area contributed by atoms with Crippen LogP contribution in [0.5, 0.6) is 0 Å². The first-order chi connectivity index (χ1) is 8.83. The molecule has 1 fully saturated rings. The largest absolute Gasteiger partial charge is 0.317 e. The second kappa shape index (κ2) is 6.32. The first kappa shape index (κ1) is 14.2. The van der Waals surface area contributed by atoms with Gasteiger partial charge in [0.1, 0.15) is 0 Å². The summed E-state index contributed by atoms with van der Waals surface area (Å²) in [4.78, 5) is 7.97. The topological polar surface area (TPSA) is 55.6 Å². The van der Waals surface area contributed by atoms with Crippen LogP contribution in [0.2, 0.25) is 5.28 Å². The Hall–Kier alpha value is -1.17. The van der Waals surface area contributed by atoms with Crippen LogP contribution < -0.4 is 5.32 Å². The van der Waals surface area contributed by atoms with Crippen LogP contribution in [-0.4, -0.2) is 32.8 Å². The zero-order chi connectivity index (χ0) is 12.4. The monoisotopic (exact) mass is 299 g/mol. The molecule has 0 spiro atoms. The van der Waals surface area contributed by atoms with E-state index in [-0.39, 0.29) is 17.7 Å². The quantitative estimate of drug-likeness (QED) is 0.865. The summed E-state index contributed by atoms with van der Waals surface area (Å²) in [5.74, 6) is 0. The highest BCUT2D eigenvalue weighted by atomic mass is 35.5. The molecule has 5 nitrogen and oxygen atoms in total. The van der Waals surface area contributed by atoms with Crippen molar-refractivity contribution in [2.45, 2.75) is 18.9 Å². The number of aromatic nitrogens is 4. The summed E-state index contributed by atoms with van der Waals surface area (Å²) in [5, 5.41) is 8.06. The normalized spacial score (nSPS) is 16.1. The van der Waals surface area contributed by atoms with E-state index in [1.54, 1.807) is 12.4 Å². The fourth-order valence-electron chi connectivity index (χ4n) is 2.22. The zero-order valence-electron chi connectivity index (χ0n) is 10.3. The molecule has 0 atom stereocenters. The average molecular weight is 300 g/mol. The molecule has 0 aromatic carbocycles. The minimum Gasteiger partial charge on any atom is -0.317 e. The van der Waals surface area contributed by atoms with E-state index in [1.807, 2.05) is 10.9 Å². The fourth-order valence-corrected chi connectivity index (χ4v) is 2.32. The Morgan fingerprint density at radius 2 is 1.79 bits per heavy atom. The van der Waals surface area contributed by atoms with Crippen LogP contribution in [0.15, 0.2) is 24.8 Å². The Bertz CT molecular complexity index is 519. The highest BCUT2D eigenvalue weighted by Crippen LogP contribution is 2.22. The highest BCUT2D eigenvalue weighted by molar-refractivity contribution is 6.28. The van der Waals surface area contributed by atoms with Crippen LogP contribution in [0.25, 0.3) is 11.1 Å². The van der Waals surface area contributed by atoms with Gasteiger partial charge in [0.15, 0.2) is 0 Å². The van der Waals surface area contributed by atoms with Crippen molar-refractivity contribution >= 4 is 24.0 Å². The van der Waals surface area contributed by atoms with Crippen molar-refractivity contribution in [1.29, 1.82) is 0 Å². The second-order valence-corrected chi connectivity index (χ2v) is 4.77. The molecule has 0 saturated carbocycles. The van der Waals surface area contributed by atoms with Crippen LogP contribution in [0, 0.1) is 0 Å². The predicted molar refractivity (Wildman–Crippen MR) is 76.7 cm³/mol. The number of nitrogens with zero attached hydrogens (tertiary/aromatic N) is 4. The standard InChI is InChI=1S/C12H14ClN5.ClH/c13-12-15-5-9(6-16-12)10-7-17-18(8-10)11-1-3-14-4-2-11;/h5-8,11,14H,1-4H2;1H. The van der Waals surface area contributed by atoms with Gasteiger partial charge in [-0.15, -0.1) is 12.4 Å². The van der Waals surface area contributed by atoms with Crippen LogP contribution in [-0.2, 0) is 0 Å². The Balaban J connectivity index is 0.00000133. The molecular weight excluding hydrogens is 285 g/mol. The van der Waals surface area contributed by atoms with Crippen molar-refractivity contribution in [3.63, 3.8) is 0 Å². The Morgan fingerprint density at radius 3 is 2.47 bits per heavy atom. The lowest BCUT2D eigenvalue weighted by Crippen LogP contribution is -2.29. The third kappa shape index (κ3) is 3.23. The van der Waals surface area contributed by atoms with Gasteiger partial charge in [-0.3, -0.25) is 4.68 Å². The fraction of sp³-hybridized carbons (Fsp3) is 0.417. The van der Waals surface area contributed by atoms with E-state index < -0.39 is 0 Å². The first-order valence-corrected chi connectivity index (χ1v) is 6.43. The summed E-state index contributed by atoms with van der Waals surface area (Å²) < 4.78 is 2.05. The van der Waals surface area contributed by atoms with E-state index in [9.17, 15) is 0 Å². The molecule has 1 N–H and O–H groups in total. The van der Waals surface area contributed by atoms with E-state index in [0.29, 0.717) is 6.04 Å². The SMILES string of the molecule is Cl.Clc1ncc(-c2cnn(C3CCNCC3)c2)cn1. The van der Waals surface area contributed by atoms with E-state index in [0.717, 1.165) is 37.1 Å². The maximum atomic E-state index is 5.68. The van der Waals surface area contributed by atoms with Gasteiger partial charge in [0.2, 0.25) is 5.28 Å². The predicted octanol–water partition coefficient (Wildman–Crippen LogP) is 2.34. The number of rotatable bonds is 2. The smallest absolute Gasteiger partial charge is 0.222 e. The van der Waals surface area contributed by atoms with Gasteiger partial charge in [-0.1, -0.05) is 0 Å². The van der Waals surface area contributed by atoms with Gasteiger partial charge in [0.05, 0.1) is 12.2 Å². The van der Waals surface area contributed by atoms with Crippen LogP contribution in [0.3, 0.4) is 0 Å². The van der Waals surface area contributed by atoms with Crippen LogP contribution in [0.4, 0.5) is 0 Å². The molecule has 2 aromatic heterocycles. The molecule has 0 unspecified atom stereocenters. The molecule has 0 aliphatic carbocycles.